The average molecular weight is 172 g/mol. The van der Waals surface area contributed by atoms with Gasteiger partial charge in [-0.15, -0.1) is 0 Å². The van der Waals surface area contributed by atoms with E-state index >= 15 is 0 Å². The molecule has 2 heterocycles. The van der Waals surface area contributed by atoms with Crippen molar-refractivity contribution in [2.45, 2.75) is 6.92 Å². The van der Waals surface area contributed by atoms with E-state index in [9.17, 15) is 0 Å². The van der Waals surface area contributed by atoms with Gasteiger partial charge in [0.15, 0.2) is 5.58 Å². The van der Waals surface area contributed by atoms with Crippen molar-refractivity contribution in [3.05, 3.63) is 30.3 Å². The van der Waals surface area contributed by atoms with Crippen LogP contribution in [0.5, 0.6) is 0 Å². The number of aromatic nitrogens is 2. The molecule has 1 aromatic carbocycles. The van der Waals surface area contributed by atoms with Crippen LogP contribution in [0.2, 0.25) is 0 Å². The van der Waals surface area contributed by atoms with Crippen molar-refractivity contribution < 1.29 is 4.42 Å². The van der Waals surface area contributed by atoms with E-state index in [1.54, 1.807) is 6.26 Å². The summed E-state index contributed by atoms with van der Waals surface area (Å²) in [5, 5.41) is 1.10. The first-order chi connectivity index (χ1) is 6.34. The summed E-state index contributed by atoms with van der Waals surface area (Å²) >= 11 is 0. The zero-order chi connectivity index (χ0) is 8.84. The molecule has 0 bridgehead atoms. The SMILES string of the molecule is Cc1nc2c(ccc3ccoc32)[nH]1. The molecule has 0 spiro atoms. The van der Waals surface area contributed by atoms with Gasteiger partial charge in [0, 0.05) is 5.39 Å². The molecule has 0 amide bonds. The minimum Gasteiger partial charge on any atom is -0.462 e. The van der Waals surface area contributed by atoms with Crippen molar-refractivity contribution >= 4 is 22.0 Å². The van der Waals surface area contributed by atoms with E-state index in [-0.39, 0.29) is 0 Å². The molecule has 0 aliphatic heterocycles. The Morgan fingerprint density at radius 3 is 3.15 bits per heavy atom. The van der Waals surface area contributed by atoms with Gasteiger partial charge >= 0.3 is 0 Å². The quantitative estimate of drug-likeness (QED) is 0.566. The van der Waals surface area contributed by atoms with Gasteiger partial charge in [0.05, 0.1) is 11.8 Å². The Kier molecular flexibility index (Phi) is 1.10. The zero-order valence-corrected chi connectivity index (χ0v) is 7.16. The number of H-pyrrole nitrogens is 1. The van der Waals surface area contributed by atoms with E-state index in [4.69, 9.17) is 4.42 Å². The summed E-state index contributed by atoms with van der Waals surface area (Å²) in [5.41, 5.74) is 2.81. The van der Waals surface area contributed by atoms with Gasteiger partial charge in [-0.3, -0.25) is 0 Å². The van der Waals surface area contributed by atoms with Crippen molar-refractivity contribution in [2.24, 2.45) is 0 Å². The molecule has 3 nitrogen and oxygen atoms in total. The fourth-order valence-electron chi connectivity index (χ4n) is 1.62. The second kappa shape index (κ2) is 2.13. The molecular weight excluding hydrogens is 164 g/mol. The van der Waals surface area contributed by atoms with Crippen molar-refractivity contribution in [3.8, 4) is 0 Å². The number of nitrogens with zero attached hydrogens (tertiary/aromatic N) is 1. The van der Waals surface area contributed by atoms with E-state index in [0.717, 1.165) is 27.8 Å². The van der Waals surface area contributed by atoms with Gasteiger partial charge in [0.25, 0.3) is 0 Å². The van der Waals surface area contributed by atoms with Crippen LogP contribution in [-0.4, -0.2) is 9.97 Å². The maximum atomic E-state index is 5.36. The van der Waals surface area contributed by atoms with Crippen molar-refractivity contribution in [3.63, 3.8) is 0 Å². The highest BCUT2D eigenvalue weighted by Crippen LogP contribution is 2.23. The molecule has 0 saturated carbocycles. The van der Waals surface area contributed by atoms with E-state index in [1.807, 2.05) is 25.1 Å². The van der Waals surface area contributed by atoms with Gasteiger partial charge in [0.2, 0.25) is 0 Å². The second-order valence-corrected chi connectivity index (χ2v) is 3.12. The monoisotopic (exact) mass is 172 g/mol. The lowest BCUT2D eigenvalue weighted by Crippen LogP contribution is -1.69. The average Bonchev–Trinajstić information content (AvgIpc) is 2.65. The number of imidazole rings is 1. The molecule has 0 unspecified atom stereocenters. The Labute approximate surface area is 74.4 Å². The Morgan fingerprint density at radius 1 is 1.31 bits per heavy atom. The summed E-state index contributed by atoms with van der Waals surface area (Å²) in [7, 11) is 0. The van der Waals surface area contributed by atoms with E-state index in [2.05, 4.69) is 9.97 Å². The molecule has 0 saturated heterocycles. The van der Waals surface area contributed by atoms with Crippen LogP contribution in [0.25, 0.3) is 22.0 Å². The molecule has 2 aromatic heterocycles. The lowest BCUT2D eigenvalue weighted by atomic mass is 10.2. The van der Waals surface area contributed by atoms with Crippen molar-refractivity contribution in [2.75, 3.05) is 0 Å². The Morgan fingerprint density at radius 2 is 2.23 bits per heavy atom. The largest absolute Gasteiger partial charge is 0.462 e. The smallest absolute Gasteiger partial charge is 0.161 e. The number of hydrogen-bond donors (Lipinski definition) is 1. The number of fused-ring (bicyclic) bond motifs is 3. The number of hydrogen-bond acceptors (Lipinski definition) is 2. The standard InChI is InChI=1S/C10H8N2O/c1-6-11-8-3-2-7-4-5-13-10(7)9(8)12-6/h2-5H,1H3,(H,11,12). The number of furan rings is 1. The lowest BCUT2D eigenvalue weighted by Gasteiger charge is -1.88. The van der Waals surface area contributed by atoms with Gasteiger partial charge in [-0.1, -0.05) is 0 Å². The summed E-state index contributed by atoms with van der Waals surface area (Å²) in [6.45, 7) is 1.94. The maximum absolute atomic E-state index is 5.36. The van der Waals surface area contributed by atoms with E-state index in [0.29, 0.717) is 0 Å². The molecule has 13 heavy (non-hydrogen) atoms. The number of nitrogens with one attached hydrogen (secondary N) is 1. The lowest BCUT2D eigenvalue weighted by molar-refractivity contribution is 0.618. The third kappa shape index (κ3) is 0.811. The van der Waals surface area contributed by atoms with Gasteiger partial charge < -0.3 is 9.40 Å². The van der Waals surface area contributed by atoms with E-state index in [1.165, 1.54) is 0 Å². The zero-order valence-electron chi connectivity index (χ0n) is 7.16. The predicted octanol–water partition coefficient (Wildman–Crippen LogP) is 2.62. The summed E-state index contributed by atoms with van der Waals surface area (Å²) in [5.74, 6) is 0.916. The molecule has 0 atom stereocenters. The molecule has 0 fully saturated rings. The summed E-state index contributed by atoms with van der Waals surface area (Å²) < 4.78 is 5.36. The molecular formula is C10H8N2O. The molecule has 3 aromatic rings. The third-order valence-corrected chi connectivity index (χ3v) is 2.19. The molecule has 64 valence electrons. The van der Waals surface area contributed by atoms with E-state index < -0.39 is 0 Å². The van der Waals surface area contributed by atoms with Crippen LogP contribution >= 0.6 is 0 Å². The first-order valence-corrected chi connectivity index (χ1v) is 4.17. The first-order valence-electron chi connectivity index (χ1n) is 4.17. The van der Waals surface area contributed by atoms with Crippen LogP contribution in [0.15, 0.2) is 28.9 Å². The highest BCUT2D eigenvalue weighted by Gasteiger charge is 2.06. The minimum absolute atomic E-state index is 0.863. The summed E-state index contributed by atoms with van der Waals surface area (Å²) in [6, 6.07) is 5.99. The fraction of sp³-hybridized carbons (Fsp3) is 0.100. The number of aromatic amines is 1. The number of rotatable bonds is 0. The molecule has 0 aliphatic carbocycles. The second-order valence-electron chi connectivity index (χ2n) is 3.12. The Balaban J connectivity index is 2.64. The van der Waals surface area contributed by atoms with Gasteiger partial charge in [-0.25, -0.2) is 4.98 Å². The predicted molar refractivity (Wildman–Crippen MR) is 50.6 cm³/mol. The molecule has 1 N–H and O–H groups in total. The summed E-state index contributed by atoms with van der Waals surface area (Å²) in [4.78, 5) is 7.53. The van der Waals surface area contributed by atoms with Crippen LogP contribution in [-0.2, 0) is 0 Å². The fourth-order valence-corrected chi connectivity index (χ4v) is 1.62. The first kappa shape index (κ1) is 6.71. The summed E-state index contributed by atoms with van der Waals surface area (Å²) in [6.07, 6.45) is 1.69. The minimum atomic E-state index is 0.863. The molecule has 0 radical (unpaired) electrons. The highest BCUT2D eigenvalue weighted by molar-refractivity contribution is 6.00. The Bertz CT molecular complexity index is 577. The topological polar surface area (TPSA) is 41.8 Å². The van der Waals surface area contributed by atoms with Gasteiger partial charge in [-0.05, 0) is 25.1 Å². The van der Waals surface area contributed by atoms with Gasteiger partial charge in [0.1, 0.15) is 11.3 Å². The van der Waals surface area contributed by atoms with Crippen LogP contribution < -0.4 is 0 Å². The van der Waals surface area contributed by atoms with Crippen molar-refractivity contribution in [1.29, 1.82) is 0 Å². The maximum Gasteiger partial charge on any atom is 0.161 e. The number of aryl methyl sites for hydroxylation is 1. The third-order valence-electron chi connectivity index (χ3n) is 2.19. The van der Waals surface area contributed by atoms with Crippen molar-refractivity contribution in [1.82, 2.24) is 9.97 Å². The number of benzene rings is 1. The molecule has 3 heteroatoms. The Hall–Kier alpha value is -1.77. The molecule has 0 aliphatic rings. The normalized spacial score (nSPS) is 11.5. The highest BCUT2D eigenvalue weighted by atomic mass is 16.3. The van der Waals surface area contributed by atoms with Crippen LogP contribution in [0, 0.1) is 6.92 Å². The van der Waals surface area contributed by atoms with Crippen LogP contribution in [0.4, 0.5) is 0 Å². The van der Waals surface area contributed by atoms with Crippen LogP contribution in [0.1, 0.15) is 5.82 Å². The van der Waals surface area contributed by atoms with Gasteiger partial charge in [-0.2, -0.15) is 0 Å². The van der Waals surface area contributed by atoms with Crippen LogP contribution in [0.3, 0.4) is 0 Å². The molecule has 3 rings (SSSR count).